The number of benzene rings is 1. The van der Waals surface area contributed by atoms with E-state index in [1.54, 1.807) is 0 Å². The summed E-state index contributed by atoms with van der Waals surface area (Å²) in [6.07, 6.45) is -4.36. The summed E-state index contributed by atoms with van der Waals surface area (Å²) in [5.41, 5.74) is -1.77. The Hall–Kier alpha value is -1.37. The SMILES string of the molecule is COc1cc(C(F)(F)F)c(C(=O)CBr)cc1C=O. The highest BCUT2D eigenvalue weighted by Crippen LogP contribution is 2.36. The van der Waals surface area contributed by atoms with E-state index in [9.17, 15) is 22.8 Å². The summed E-state index contributed by atoms with van der Waals surface area (Å²) < 4.78 is 43.0. The first kappa shape index (κ1) is 14.7. The average molecular weight is 325 g/mol. The molecule has 0 heterocycles. The second-order valence-electron chi connectivity index (χ2n) is 3.31. The average Bonchev–Trinajstić information content (AvgIpc) is 2.34. The topological polar surface area (TPSA) is 43.4 Å². The van der Waals surface area contributed by atoms with Crippen LogP contribution in [0.3, 0.4) is 0 Å². The Morgan fingerprint density at radius 3 is 2.44 bits per heavy atom. The van der Waals surface area contributed by atoms with E-state index in [4.69, 9.17) is 0 Å². The second-order valence-corrected chi connectivity index (χ2v) is 3.87. The maximum absolute atomic E-state index is 12.8. The molecule has 0 aromatic heterocycles. The Morgan fingerprint density at radius 1 is 1.44 bits per heavy atom. The van der Waals surface area contributed by atoms with E-state index in [-0.39, 0.29) is 16.6 Å². The third kappa shape index (κ3) is 2.90. The quantitative estimate of drug-likeness (QED) is 0.485. The maximum Gasteiger partial charge on any atom is 0.417 e. The van der Waals surface area contributed by atoms with Gasteiger partial charge in [-0.2, -0.15) is 13.2 Å². The van der Waals surface area contributed by atoms with E-state index >= 15 is 0 Å². The van der Waals surface area contributed by atoms with Crippen molar-refractivity contribution in [3.63, 3.8) is 0 Å². The van der Waals surface area contributed by atoms with Crippen LogP contribution in [0.2, 0.25) is 0 Å². The molecule has 0 fully saturated rings. The number of ether oxygens (including phenoxy) is 1. The summed E-state index contributed by atoms with van der Waals surface area (Å²) in [5.74, 6) is -0.975. The van der Waals surface area contributed by atoms with E-state index in [1.807, 2.05) is 0 Å². The zero-order valence-electron chi connectivity index (χ0n) is 9.18. The summed E-state index contributed by atoms with van der Waals surface area (Å²) in [7, 11) is 1.15. The molecular weight excluding hydrogens is 317 g/mol. The van der Waals surface area contributed by atoms with Gasteiger partial charge in [0.05, 0.1) is 23.6 Å². The van der Waals surface area contributed by atoms with Gasteiger partial charge >= 0.3 is 6.18 Å². The van der Waals surface area contributed by atoms with Crippen molar-refractivity contribution in [3.05, 3.63) is 28.8 Å². The van der Waals surface area contributed by atoms with Crippen molar-refractivity contribution >= 4 is 28.0 Å². The number of hydrogen-bond donors (Lipinski definition) is 0. The van der Waals surface area contributed by atoms with Crippen molar-refractivity contribution in [1.29, 1.82) is 0 Å². The van der Waals surface area contributed by atoms with Gasteiger partial charge in [0.15, 0.2) is 12.1 Å². The fraction of sp³-hybridized carbons (Fsp3) is 0.273. The molecule has 0 atom stereocenters. The highest BCUT2D eigenvalue weighted by Gasteiger charge is 2.36. The predicted octanol–water partition coefficient (Wildman–Crippen LogP) is 3.10. The zero-order chi connectivity index (χ0) is 13.9. The van der Waals surface area contributed by atoms with Crippen LogP contribution in [0.15, 0.2) is 12.1 Å². The van der Waals surface area contributed by atoms with Gasteiger partial charge in [-0.25, -0.2) is 0 Å². The molecule has 0 aliphatic carbocycles. The number of alkyl halides is 4. The lowest BCUT2D eigenvalue weighted by molar-refractivity contribution is -0.138. The van der Waals surface area contributed by atoms with Crippen molar-refractivity contribution in [1.82, 2.24) is 0 Å². The van der Waals surface area contributed by atoms with Crippen LogP contribution in [0, 0.1) is 0 Å². The number of Topliss-reactive ketones (excluding diaryl/α,β-unsaturated/α-hetero) is 1. The molecule has 0 aliphatic heterocycles. The van der Waals surface area contributed by atoms with E-state index < -0.39 is 23.1 Å². The first-order chi connectivity index (χ1) is 8.35. The minimum absolute atomic E-state index is 0.102. The molecule has 1 aromatic carbocycles. The summed E-state index contributed by atoms with van der Waals surface area (Å²) in [6, 6.07) is 1.54. The van der Waals surface area contributed by atoms with Crippen LogP contribution < -0.4 is 4.74 Å². The second kappa shape index (κ2) is 5.51. The first-order valence-corrected chi connectivity index (χ1v) is 5.80. The number of carbonyl (C=O) groups is 2. The van der Waals surface area contributed by atoms with Crippen LogP contribution in [0.1, 0.15) is 26.3 Å². The number of ketones is 1. The van der Waals surface area contributed by atoms with Gasteiger partial charge in [0.2, 0.25) is 0 Å². The van der Waals surface area contributed by atoms with Gasteiger partial charge in [-0.1, -0.05) is 15.9 Å². The molecule has 0 bridgehead atoms. The molecule has 0 spiro atoms. The molecule has 0 unspecified atom stereocenters. The molecule has 1 rings (SSSR count). The normalized spacial score (nSPS) is 11.2. The molecule has 0 radical (unpaired) electrons. The number of methoxy groups -OCH3 is 1. The van der Waals surface area contributed by atoms with E-state index in [1.165, 1.54) is 0 Å². The van der Waals surface area contributed by atoms with E-state index in [0.29, 0.717) is 12.4 Å². The van der Waals surface area contributed by atoms with Crippen molar-refractivity contribution in [3.8, 4) is 5.75 Å². The Balaban J connectivity index is 3.56. The lowest BCUT2D eigenvalue weighted by atomic mass is 10.00. The van der Waals surface area contributed by atoms with Gasteiger partial charge in [-0.3, -0.25) is 9.59 Å². The smallest absolute Gasteiger partial charge is 0.417 e. The molecule has 18 heavy (non-hydrogen) atoms. The standard InChI is InChI=1S/C11H8BrF3O3/c1-18-10-3-8(11(13,14)15)7(9(17)4-12)2-6(10)5-16/h2-3,5H,4H2,1H3. The van der Waals surface area contributed by atoms with Crippen molar-refractivity contribution in [2.45, 2.75) is 6.18 Å². The van der Waals surface area contributed by atoms with Crippen molar-refractivity contribution in [2.75, 3.05) is 12.4 Å². The van der Waals surface area contributed by atoms with Crippen LogP contribution in [0.4, 0.5) is 13.2 Å². The van der Waals surface area contributed by atoms with Gasteiger partial charge in [0.1, 0.15) is 5.75 Å². The summed E-state index contributed by atoms with van der Waals surface area (Å²) in [4.78, 5) is 22.2. The third-order valence-electron chi connectivity index (χ3n) is 2.22. The fourth-order valence-corrected chi connectivity index (χ4v) is 1.70. The largest absolute Gasteiger partial charge is 0.496 e. The van der Waals surface area contributed by atoms with Crippen molar-refractivity contribution in [2.24, 2.45) is 0 Å². The van der Waals surface area contributed by atoms with E-state index in [2.05, 4.69) is 20.7 Å². The summed E-state index contributed by atoms with van der Waals surface area (Å²) in [5, 5.41) is -0.263. The lowest BCUT2D eigenvalue weighted by Crippen LogP contribution is -2.15. The summed E-state index contributed by atoms with van der Waals surface area (Å²) >= 11 is 2.80. The number of aldehydes is 1. The lowest BCUT2D eigenvalue weighted by Gasteiger charge is -2.14. The molecule has 3 nitrogen and oxygen atoms in total. The fourth-order valence-electron chi connectivity index (χ4n) is 1.40. The molecule has 98 valence electrons. The van der Waals surface area contributed by atoms with Crippen LogP contribution in [-0.4, -0.2) is 24.5 Å². The number of halogens is 4. The first-order valence-electron chi connectivity index (χ1n) is 4.68. The van der Waals surface area contributed by atoms with Gasteiger partial charge in [-0.05, 0) is 12.1 Å². The predicted molar refractivity (Wildman–Crippen MR) is 61.5 cm³/mol. The van der Waals surface area contributed by atoms with Gasteiger partial charge in [-0.15, -0.1) is 0 Å². The Labute approximate surface area is 109 Å². The van der Waals surface area contributed by atoms with E-state index in [0.717, 1.165) is 13.2 Å². The minimum Gasteiger partial charge on any atom is -0.496 e. The molecule has 0 aliphatic rings. The third-order valence-corrected chi connectivity index (χ3v) is 2.73. The van der Waals surface area contributed by atoms with Gasteiger partial charge < -0.3 is 4.74 Å². The monoisotopic (exact) mass is 324 g/mol. The summed E-state index contributed by atoms with van der Waals surface area (Å²) in [6.45, 7) is 0. The maximum atomic E-state index is 12.8. The number of carbonyl (C=O) groups excluding carboxylic acids is 2. The minimum atomic E-state index is -4.69. The Morgan fingerprint density at radius 2 is 2.06 bits per heavy atom. The molecule has 7 heteroatoms. The molecule has 0 saturated carbocycles. The van der Waals surface area contributed by atoms with Crippen LogP contribution in [0.5, 0.6) is 5.75 Å². The molecule has 0 amide bonds. The highest BCUT2D eigenvalue weighted by molar-refractivity contribution is 9.09. The highest BCUT2D eigenvalue weighted by atomic mass is 79.9. The number of rotatable bonds is 4. The van der Waals surface area contributed by atoms with Gasteiger partial charge in [0, 0.05) is 5.56 Å². The van der Waals surface area contributed by atoms with Crippen LogP contribution in [-0.2, 0) is 6.18 Å². The van der Waals surface area contributed by atoms with Crippen LogP contribution >= 0.6 is 15.9 Å². The molecule has 1 aromatic rings. The molecule has 0 saturated heterocycles. The Bertz CT molecular complexity index is 483. The molecule has 0 N–H and O–H groups in total. The van der Waals surface area contributed by atoms with Crippen LogP contribution in [0.25, 0.3) is 0 Å². The Kier molecular flexibility index (Phi) is 4.50. The molecular formula is C11H8BrF3O3. The zero-order valence-corrected chi connectivity index (χ0v) is 10.8. The van der Waals surface area contributed by atoms with Crippen molar-refractivity contribution < 1.29 is 27.5 Å². The van der Waals surface area contributed by atoms with Gasteiger partial charge in [0.25, 0.3) is 0 Å². The number of hydrogen-bond acceptors (Lipinski definition) is 3.